The van der Waals surface area contributed by atoms with E-state index in [0.717, 1.165) is 37.8 Å². The average Bonchev–Trinajstić information content (AvgIpc) is 3.34. The summed E-state index contributed by atoms with van der Waals surface area (Å²) in [7, 11) is -3.36. The summed E-state index contributed by atoms with van der Waals surface area (Å²) in [6.07, 6.45) is 8.45. The number of carbonyl (C=O) groups is 1. The number of rotatable bonds is 5. The number of hydrogen-bond acceptors (Lipinski definition) is 6. The zero-order chi connectivity index (χ0) is 25.6. The van der Waals surface area contributed by atoms with Gasteiger partial charge in [-0.15, -0.1) is 5.10 Å². The van der Waals surface area contributed by atoms with Crippen molar-refractivity contribution in [3.05, 3.63) is 71.6 Å². The van der Waals surface area contributed by atoms with Crippen molar-refractivity contribution in [1.82, 2.24) is 20.0 Å². The first kappa shape index (κ1) is 24.4. The number of hydrogen-bond donors (Lipinski definition) is 0. The topological polar surface area (TPSA) is 94.8 Å². The van der Waals surface area contributed by atoms with Crippen LogP contribution in [0, 0.1) is 17.2 Å². The van der Waals surface area contributed by atoms with E-state index < -0.39 is 20.5 Å². The molecule has 194 valence electrons. The van der Waals surface area contributed by atoms with Crippen molar-refractivity contribution in [1.29, 1.82) is 0 Å². The highest BCUT2D eigenvalue weighted by Crippen LogP contribution is 2.52. The van der Waals surface area contributed by atoms with Gasteiger partial charge < -0.3 is 0 Å². The predicted molar refractivity (Wildman–Crippen MR) is 137 cm³/mol. The number of fused-ring (bicyclic) bond motifs is 2. The number of nitrogens with zero attached hydrogens (tertiary/aromatic N) is 4. The van der Waals surface area contributed by atoms with E-state index in [1.165, 1.54) is 12.1 Å². The van der Waals surface area contributed by atoms with Crippen LogP contribution in [0.5, 0.6) is 0 Å². The SMILES string of the molecule is O=C(c1ccccn1)[C@]12Cc3nnn(-c4ccc(F)cc4)c3CC1CC[C@H](S(=O)(=O)C1CCCCC1)C2. The minimum Gasteiger partial charge on any atom is -0.292 e. The van der Waals surface area contributed by atoms with Crippen molar-refractivity contribution in [2.75, 3.05) is 0 Å². The van der Waals surface area contributed by atoms with Crippen LogP contribution in [0.2, 0.25) is 0 Å². The van der Waals surface area contributed by atoms with E-state index in [2.05, 4.69) is 15.3 Å². The summed E-state index contributed by atoms with van der Waals surface area (Å²) in [5.74, 6) is -0.469. The lowest BCUT2D eigenvalue weighted by Crippen LogP contribution is -2.52. The molecule has 2 aromatic heterocycles. The summed E-state index contributed by atoms with van der Waals surface area (Å²) in [5, 5.41) is 7.96. The number of ketones is 1. The van der Waals surface area contributed by atoms with Gasteiger partial charge in [-0.2, -0.15) is 0 Å². The fourth-order valence-electron chi connectivity index (χ4n) is 6.91. The Morgan fingerprint density at radius 1 is 0.973 bits per heavy atom. The van der Waals surface area contributed by atoms with Gasteiger partial charge in [0, 0.05) is 18.0 Å². The number of Topliss-reactive ketones (excluding diaryl/α,β-unsaturated/α-hetero) is 1. The molecular weight excluding hydrogens is 491 g/mol. The quantitative estimate of drug-likeness (QED) is 0.452. The Hall–Kier alpha value is -2.94. The molecule has 0 bridgehead atoms. The Labute approximate surface area is 216 Å². The maximum Gasteiger partial charge on any atom is 0.188 e. The lowest BCUT2D eigenvalue weighted by atomic mass is 9.57. The van der Waals surface area contributed by atoms with Crippen LogP contribution in [0.15, 0.2) is 48.7 Å². The molecule has 0 N–H and O–H groups in total. The van der Waals surface area contributed by atoms with Crippen LogP contribution in [0.3, 0.4) is 0 Å². The first-order valence-corrected chi connectivity index (χ1v) is 14.9. The highest BCUT2D eigenvalue weighted by Gasteiger charge is 2.56. The second kappa shape index (κ2) is 9.42. The minimum atomic E-state index is -3.36. The third-order valence-electron chi connectivity index (χ3n) is 8.88. The Balaban J connectivity index is 1.39. The number of pyridine rings is 1. The fourth-order valence-corrected chi connectivity index (χ4v) is 9.43. The molecule has 3 aromatic rings. The Kier molecular flexibility index (Phi) is 6.21. The number of aromatic nitrogens is 4. The van der Waals surface area contributed by atoms with Crippen molar-refractivity contribution in [2.24, 2.45) is 11.3 Å². The highest BCUT2D eigenvalue weighted by molar-refractivity contribution is 7.92. The minimum absolute atomic E-state index is 0.0509. The van der Waals surface area contributed by atoms with Crippen LogP contribution in [0.25, 0.3) is 5.69 Å². The van der Waals surface area contributed by atoms with Crippen LogP contribution in [0.4, 0.5) is 4.39 Å². The Morgan fingerprint density at radius 3 is 2.49 bits per heavy atom. The first-order chi connectivity index (χ1) is 17.9. The lowest BCUT2D eigenvalue weighted by molar-refractivity contribution is 0.0482. The zero-order valence-corrected chi connectivity index (χ0v) is 21.5. The van der Waals surface area contributed by atoms with Gasteiger partial charge in [0.2, 0.25) is 0 Å². The molecule has 37 heavy (non-hydrogen) atoms. The van der Waals surface area contributed by atoms with Crippen LogP contribution in [0.1, 0.15) is 73.2 Å². The van der Waals surface area contributed by atoms with E-state index in [-0.39, 0.29) is 22.8 Å². The lowest BCUT2D eigenvalue weighted by Gasteiger charge is -2.48. The molecule has 2 heterocycles. The molecule has 2 saturated carbocycles. The molecule has 2 fully saturated rings. The van der Waals surface area contributed by atoms with Gasteiger partial charge in [0.25, 0.3) is 0 Å². The van der Waals surface area contributed by atoms with Crippen molar-refractivity contribution in [2.45, 2.75) is 74.7 Å². The molecule has 0 aliphatic heterocycles. The smallest absolute Gasteiger partial charge is 0.188 e. The summed E-state index contributed by atoms with van der Waals surface area (Å²) >= 11 is 0. The van der Waals surface area contributed by atoms with Crippen molar-refractivity contribution >= 4 is 15.6 Å². The largest absolute Gasteiger partial charge is 0.292 e. The van der Waals surface area contributed by atoms with E-state index in [1.54, 1.807) is 41.2 Å². The van der Waals surface area contributed by atoms with Gasteiger partial charge in [-0.25, -0.2) is 17.5 Å². The maximum atomic E-state index is 14.2. The number of benzene rings is 1. The van der Waals surface area contributed by atoms with Gasteiger partial charge in [0.1, 0.15) is 11.5 Å². The normalized spacial score (nSPS) is 26.3. The van der Waals surface area contributed by atoms with Crippen molar-refractivity contribution in [3.8, 4) is 5.69 Å². The van der Waals surface area contributed by atoms with Crippen LogP contribution in [-0.4, -0.2) is 44.7 Å². The third-order valence-corrected chi connectivity index (χ3v) is 11.6. The molecule has 1 unspecified atom stereocenters. The van der Waals surface area contributed by atoms with E-state index >= 15 is 0 Å². The average molecular weight is 523 g/mol. The number of carbonyl (C=O) groups excluding carboxylic acids is 1. The van der Waals surface area contributed by atoms with Gasteiger partial charge in [-0.3, -0.25) is 9.78 Å². The summed E-state index contributed by atoms with van der Waals surface area (Å²) in [4.78, 5) is 18.5. The van der Waals surface area contributed by atoms with E-state index in [1.807, 2.05) is 0 Å². The standard InChI is InChI=1S/C28H31FN4O3S/c29-20-10-12-21(13-11-20)33-26-16-19-9-14-23(37(35,36)22-6-2-1-3-7-22)17-28(19,18-25(26)31-32-33)27(34)24-8-4-5-15-30-24/h4-5,8,10-13,15,19,22-23H,1-3,6-7,9,14,16-18H2/t19?,23-,28+/m0/s1. The highest BCUT2D eigenvalue weighted by atomic mass is 32.2. The molecule has 1 aromatic carbocycles. The van der Waals surface area contributed by atoms with Gasteiger partial charge in [0.15, 0.2) is 15.6 Å². The summed E-state index contributed by atoms with van der Waals surface area (Å²) in [6, 6.07) is 11.4. The molecule has 3 aliphatic carbocycles. The molecule has 0 amide bonds. The van der Waals surface area contributed by atoms with Crippen molar-refractivity contribution in [3.63, 3.8) is 0 Å². The fraction of sp³-hybridized carbons (Fsp3) is 0.500. The molecular formula is C28H31FN4O3S. The summed E-state index contributed by atoms with van der Waals surface area (Å²) < 4.78 is 42.8. The second-order valence-corrected chi connectivity index (χ2v) is 13.4. The van der Waals surface area contributed by atoms with Crippen molar-refractivity contribution < 1.29 is 17.6 Å². The molecule has 0 radical (unpaired) electrons. The van der Waals surface area contributed by atoms with Crippen LogP contribution >= 0.6 is 0 Å². The second-order valence-electron chi connectivity index (χ2n) is 10.9. The molecule has 6 rings (SSSR count). The number of sulfone groups is 1. The monoisotopic (exact) mass is 522 g/mol. The van der Waals surface area contributed by atoms with Gasteiger partial charge in [-0.1, -0.05) is 30.5 Å². The van der Waals surface area contributed by atoms with E-state index in [0.29, 0.717) is 49.2 Å². The molecule has 0 spiro atoms. The predicted octanol–water partition coefficient (Wildman–Crippen LogP) is 4.69. The van der Waals surface area contributed by atoms with Gasteiger partial charge >= 0.3 is 0 Å². The van der Waals surface area contributed by atoms with Crippen LogP contribution < -0.4 is 0 Å². The molecule has 0 saturated heterocycles. The zero-order valence-electron chi connectivity index (χ0n) is 20.7. The molecule has 7 nitrogen and oxygen atoms in total. The maximum absolute atomic E-state index is 14.2. The number of halogens is 1. The molecule has 3 atom stereocenters. The van der Waals surface area contributed by atoms with Gasteiger partial charge in [-0.05, 0) is 80.8 Å². The Bertz CT molecular complexity index is 1400. The third kappa shape index (κ3) is 4.21. The molecule has 9 heteroatoms. The molecule has 3 aliphatic rings. The van der Waals surface area contributed by atoms with Gasteiger partial charge in [0.05, 0.1) is 27.6 Å². The summed E-state index contributed by atoms with van der Waals surface area (Å²) in [6.45, 7) is 0. The summed E-state index contributed by atoms with van der Waals surface area (Å²) in [5.41, 5.74) is 1.82. The first-order valence-electron chi connectivity index (χ1n) is 13.3. The Morgan fingerprint density at radius 2 is 1.76 bits per heavy atom. The van der Waals surface area contributed by atoms with Crippen LogP contribution in [-0.2, 0) is 22.7 Å². The van der Waals surface area contributed by atoms with E-state index in [4.69, 9.17) is 0 Å². The van der Waals surface area contributed by atoms with E-state index in [9.17, 15) is 17.6 Å².